The van der Waals surface area contributed by atoms with Crippen molar-refractivity contribution in [2.45, 2.75) is 33.3 Å². The first-order valence-corrected chi connectivity index (χ1v) is 10.1. The number of hydrazine groups is 1. The molecule has 0 aliphatic rings. The summed E-state index contributed by atoms with van der Waals surface area (Å²) in [5.74, 6) is 0. The molecule has 152 valence electrons. The van der Waals surface area contributed by atoms with Gasteiger partial charge in [-0.3, -0.25) is 5.43 Å². The highest BCUT2D eigenvalue weighted by Gasteiger charge is 2.24. The van der Waals surface area contributed by atoms with E-state index in [0.29, 0.717) is 5.69 Å². The Balaban J connectivity index is 1.73. The molecule has 0 unspecified atom stereocenters. The fourth-order valence-electron chi connectivity index (χ4n) is 3.40. The van der Waals surface area contributed by atoms with Crippen LogP contribution in [0.15, 0.2) is 78.9 Å². The quantitative estimate of drug-likeness (QED) is 0.375. The van der Waals surface area contributed by atoms with E-state index < -0.39 is 11.7 Å². The topological polar surface area (TPSA) is 41.6 Å². The van der Waals surface area contributed by atoms with Gasteiger partial charge in [-0.2, -0.15) is 5.01 Å². The van der Waals surface area contributed by atoms with Crippen LogP contribution in [0.2, 0.25) is 0 Å². The van der Waals surface area contributed by atoms with Gasteiger partial charge in [-0.1, -0.05) is 60.2 Å². The molecular formula is C26H26N2O2. The maximum absolute atomic E-state index is 13.1. The van der Waals surface area contributed by atoms with Crippen LogP contribution in [0.3, 0.4) is 0 Å². The molecule has 0 bridgehead atoms. The molecule has 0 fully saturated rings. The third kappa shape index (κ3) is 4.38. The molecule has 0 radical (unpaired) electrons. The number of nitrogens with one attached hydrogen (secondary N) is 1. The highest BCUT2D eigenvalue weighted by Crippen LogP contribution is 2.26. The Kier molecular flexibility index (Phi) is 5.08. The minimum atomic E-state index is -0.603. The van der Waals surface area contributed by atoms with Crippen LogP contribution in [0.4, 0.5) is 16.2 Å². The van der Waals surface area contributed by atoms with E-state index in [2.05, 4.69) is 36.6 Å². The van der Waals surface area contributed by atoms with Gasteiger partial charge in [0.15, 0.2) is 0 Å². The monoisotopic (exact) mass is 398 g/mol. The summed E-state index contributed by atoms with van der Waals surface area (Å²) in [4.78, 5) is 13.1. The van der Waals surface area contributed by atoms with Crippen molar-refractivity contribution in [3.63, 3.8) is 0 Å². The Morgan fingerprint density at radius 2 is 1.47 bits per heavy atom. The van der Waals surface area contributed by atoms with Gasteiger partial charge in [0.25, 0.3) is 0 Å². The third-order valence-electron chi connectivity index (χ3n) is 4.80. The zero-order valence-electron chi connectivity index (χ0n) is 17.8. The first-order chi connectivity index (χ1) is 14.3. The van der Waals surface area contributed by atoms with Crippen molar-refractivity contribution in [1.29, 1.82) is 0 Å². The normalized spacial score (nSPS) is 11.5. The number of hydrogen-bond donors (Lipinski definition) is 1. The number of fused-ring (bicyclic) bond motifs is 2. The lowest BCUT2D eigenvalue weighted by Crippen LogP contribution is -2.40. The molecule has 1 N–H and O–H groups in total. The Labute approximate surface area is 177 Å². The van der Waals surface area contributed by atoms with Crippen LogP contribution in [0.5, 0.6) is 0 Å². The zero-order valence-corrected chi connectivity index (χ0v) is 17.8. The first kappa shape index (κ1) is 19.8. The number of rotatable bonds is 3. The number of benzene rings is 4. The van der Waals surface area contributed by atoms with Gasteiger partial charge in [-0.25, -0.2) is 4.79 Å². The zero-order chi connectivity index (χ0) is 21.3. The standard InChI is InChI=1S/C26H26N2O2/c1-18-9-10-20-11-13-23(16-22(20)15-18)27-28(25(29)30-26(2,3)4)24-14-12-19-7-5-6-8-21(19)17-24/h5-17,27H,1-4H3. The molecule has 0 atom stereocenters. The van der Waals surface area contributed by atoms with Crippen LogP contribution in [-0.2, 0) is 4.74 Å². The molecule has 0 aliphatic carbocycles. The Hall–Kier alpha value is -3.53. The van der Waals surface area contributed by atoms with Crippen LogP contribution in [0.1, 0.15) is 26.3 Å². The van der Waals surface area contributed by atoms with Gasteiger partial charge < -0.3 is 4.74 Å². The maximum Gasteiger partial charge on any atom is 0.433 e. The highest BCUT2D eigenvalue weighted by molar-refractivity contribution is 5.95. The lowest BCUT2D eigenvalue weighted by atomic mass is 10.1. The van der Waals surface area contributed by atoms with E-state index in [1.807, 2.05) is 75.4 Å². The van der Waals surface area contributed by atoms with E-state index in [1.54, 1.807) is 0 Å². The van der Waals surface area contributed by atoms with Crippen molar-refractivity contribution in [2.24, 2.45) is 0 Å². The molecule has 4 rings (SSSR count). The van der Waals surface area contributed by atoms with E-state index in [9.17, 15) is 4.79 Å². The minimum Gasteiger partial charge on any atom is -0.442 e. The van der Waals surface area contributed by atoms with Crippen molar-refractivity contribution >= 4 is 39.0 Å². The van der Waals surface area contributed by atoms with Crippen molar-refractivity contribution in [3.8, 4) is 0 Å². The number of aryl methyl sites for hydroxylation is 1. The fourth-order valence-corrected chi connectivity index (χ4v) is 3.40. The lowest BCUT2D eigenvalue weighted by Gasteiger charge is -2.28. The van der Waals surface area contributed by atoms with E-state index in [4.69, 9.17) is 4.74 Å². The van der Waals surface area contributed by atoms with Crippen molar-refractivity contribution in [2.75, 3.05) is 10.4 Å². The van der Waals surface area contributed by atoms with Crippen LogP contribution in [0, 0.1) is 6.92 Å². The molecular weight excluding hydrogens is 372 g/mol. The van der Waals surface area contributed by atoms with Crippen molar-refractivity contribution in [3.05, 3.63) is 84.4 Å². The molecule has 0 saturated carbocycles. The van der Waals surface area contributed by atoms with Gasteiger partial charge in [0.1, 0.15) is 5.60 Å². The van der Waals surface area contributed by atoms with Crippen LogP contribution in [0.25, 0.3) is 21.5 Å². The number of amides is 1. The number of carbonyl (C=O) groups excluding carboxylic acids is 1. The smallest absolute Gasteiger partial charge is 0.433 e. The molecule has 0 heterocycles. The first-order valence-electron chi connectivity index (χ1n) is 10.1. The second-order valence-electron chi connectivity index (χ2n) is 8.52. The van der Waals surface area contributed by atoms with Crippen molar-refractivity contribution in [1.82, 2.24) is 0 Å². The molecule has 4 heteroatoms. The number of hydrogen-bond acceptors (Lipinski definition) is 3. The van der Waals surface area contributed by atoms with E-state index >= 15 is 0 Å². The van der Waals surface area contributed by atoms with Gasteiger partial charge in [-0.05, 0) is 73.5 Å². The van der Waals surface area contributed by atoms with Crippen LogP contribution < -0.4 is 10.4 Å². The van der Waals surface area contributed by atoms with E-state index in [-0.39, 0.29) is 0 Å². The summed E-state index contributed by atoms with van der Waals surface area (Å²) < 4.78 is 5.67. The number of anilines is 2. The summed E-state index contributed by atoms with van der Waals surface area (Å²) in [5, 5.41) is 5.91. The van der Waals surface area contributed by atoms with Crippen LogP contribution in [-0.4, -0.2) is 11.7 Å². The molecule has 0 aliphatic heterocycles. The second kappa shape index (κ2) is 7.71. The Morgan fingerprint density at radius 3 is 2.23 bits per heavy atom. The summed E-state index contributed by atoms with van der Waals surface area (Å²) in [6.07, 6.45) is -0.456. The largest absolute Gasteiger partial charge is 0.442 e. The molecule has 4 aromatic rings. The maximum atomic E-state index is 13.1. The van der Waals surface area contributed by atoms with Gasteiger partial charge >= 0.3 is 6.09 Å². The molecule has 4 nitrogen and oxygen atoms in total. The Morgan fingerprint density at radius 1 is 0.800 bits per heavy atom. The SMILES string of the molecule is Cc1ccc2ccc(NN(C(=O)OC(C)(C)C)c3ccc4ccccc4c3)cc2c1. The predicted octanol–water partition coefficient (Wildman–Crippen LogP) is 7.07. The van der Waals surface area contributed by atoms with Gasteiger partial charge in [0.05, 0.1) is 11.4 Å². The molecule has 0 aromatic heterocycles. The number of nitrogens with zero attached hydrogens (tertiary/aromatic N) is 1. The summed E-state index contributed by atoms with van der Waals surface area (Å²) in [5.41, 5.74) is 5.37. The highest BCUT2D eigenvalue weighted by atomic mass is 16.6. The molecule has 0 spiro atoms. The summed E-state index contributed by atoms with van der Waals surface area (Å²) in [6, 6.07) is 26.4. The fraction of sp³-hybridized carbons (Fsp3) is 0.192. The third-order valence-corrected chi connectivity index (χ3v) is 4.80. The van der Waals surface area contributed by atoms with Gasteiger partial charge in [0, 0.05) is 0 Å². The average molecular weight is 399 g/mol. The number of ether oxygens (including phenoxy) is 1. The van der Waals surface area contributed by atoms with Gasteiger partial charge in [-0.15, -0.1) is 0 Å². The second-order valence-corrected chi connectivity index (χ2v) is 8.52. The van der Waals surface area contributed by atoms with Crippen molar-refractivity contribution < 1.29 is 9.53 Å². The molecule has 4 aromatic carbocycles. The predicted molar refractivity (Wildman–Crippen MR) is 125 cm³/mol. The molecule has 0 saturated heterocycles. The minimum absolute atomic E-state index is 0.456. The molecule has 30 heavy (non-hydrogen) atoms. The van der Waals surface area contributed by atoms with E-state index in [1.165, 1.54) is 10.6 Å². The van der Waals surface area contributed by atoms with Gasteiger partial charge in [0.2, 0.25) is 0 Å². The summed E-state index contributed by atoms with van der Waals surface area (Å²) in [7, 11) is 0. The van der Waals surface area contributed by atoms with Crippen LogP contribution >= 0.6 is 0 Å². The lowest BCUT2D eigenvalue weighted by molar-refractivity contribution is 0.0589. The molecule has 1 amide bonds. The van der Waals surface area contributed by atoms with E-state index in [0.717, 1.165) is 27.2 Å². The number of carbonyl (C=O) groups is 1. The Bertz CT molecular complexity index is 1220. The average Bonchev–Trinajstić information content (AvgIpc) is 2.70. The summed E-state index contributed by atoms with van der Waals surface area (Å²) >= 11 is 0. The summed E-state index contributed by atoms with van der Waals surface area (Å²) in [6.45, 7) is 7.66.